The minimum atomic E-state index is 0.888. The highest BCUT2D eigenvalue weighted by Gasteiger charge is 1.98. The van der Waals surface area contributed by atoms with Gasteiger partial charge in [0.05, 0.1) is 12.4 Å². The molecule has 0 aliphatic carbocycles. The Kier molecular flexibility index (Phi) is 9.17. The molecule has 1 heteroatoms. The quantitative estimate of drug-likeness (QED) is 0.533. The molecule has 1 rings (SSSR count). The van der Waals surface area contributed by atoms with E-state index >= 15 is 0 Å². The van der Waals surface area contributed by atoms with Gasteiger partial charge in [-0.15, -0.1) is 0 Å². The summed E-state index contributed by atoms with van der Waals surface area (Å²) in [4.78, 5) is 0. The van der Waals surface area contributed by atoms with Gasteiger partial charge in [-0.3, -0.25) is 0 Å². The van der Waals surface area contributed by atoms with Gasteiger partial charge in [0, 0.05) is 6.42 Å². The van der Waals surface area contributed by atoms with E-state index in [-0.39, 0.29) is 0 Å². The van der Waals surface area contributed by atoms with Crippen molar-refractivity contribution in [3.05, 3.63) is 12.3 Å². The maximum atomic E-state index is 5.65. The second-order valence-electron chi connectivity index (χ2n) is 5.38. The molecule has 0 radical (unpaired) electrons. The third-order valence-corrected chi connectivity index (χ3v) is 3.66. The second kappa shape index (κ2) is 10.7. The summed E-state index contributed by atoms with van der Waals surface area (Å²) in [5.41, 5.74) is 0. The lowest BCUT2D eigenvalue weighted by Gasteiger charge is -2.10. The van der Waals surface area contributed by atoms with Crippen LogP contribution in [0.25, 0.3) is 0 Å². The lowest BCUT2D eigenvalue weighted by Crippen LogP contribution is -1.95. The highest BCUT2D eigenvalue weighted by molar-refractivity contribution is 4.81. The summed E-state index contributed by atoms with van der Waals surface area (Å²) in [5.74, 6) is 1.01. The van der Waals surface area contributed by atoms with Crippen LogP contribution in [0.1, 0.15) is 83.5 Å². The Bertz CT molecular complexity index is 168. The summed E-state index contributed by atoms with van der Waals surface area (Å²) >= 11 is 0. The Balaban J connectivity index is 2.11. The van der Waals surface area contributed by atoms with Crippen LogP contribution >= 0.6 is 0 Å². The molecular weight excluding hydrogens is 208 g/mol. The van der Waals surface area contributed by atoms with E-state index in [2.05, 4.69) is 6.58 Å². The van der Waals surface area contributed by atoms with E-state index in [1.54, 1.807) is 0 Å². The second-order valence-corrected chi connectivity index (χ2v) is 5.38. The summed E-state index contributed by atoms with van der Waals surface area (Å²) in [6.07, 6.45) is 17.6. The van der Waals surface area contributed by atoms with E-state index in [4.69, 9.17) is 4.74 Å². The van der Waals surface area contributed by atoms with Crippen molar-refractivity contribution in [2.45, 2.75) is 83.5 Å². The van der Waals surface area contributed by atoms with E-state index in [0.717, 1.165) is 18.8 Å². The van der Waals surface area contributed by atoms with Gasteiger partial charge in [0.1, 0.15) is 0 Å². The Morgan fingerprint density at radius 1 is 0.588 bits per heavy atom. The molecular formula is C16H30O. The third kappa shape index (κ3) is 9.26. The Labute approximate surface area is 108 Å². The molecule has 1 fully saturated rings. The molecule has 1 aliphatic rings. The zero-order valence-electron chi connectivity index (χ0n) is 11.5. The fraction of sp³-hybridized carbons (Fsp3) is 0.875. The van der Waals surface area contributed by atoms with Crippen LogP contribution < -0.4 is 0 Å². The van der Waals surface area contributed by atoms with E-state index < -0.39 is 0 Å². The monoisotopic (exact) mass is 238 g/mol. The van der Waals surface area contributed by atoms with Crippen molar-refractivity contribution in [2.24, 2.45) is 0 Å². The Morgan fingerprint density at radius 2 is 1.00 bits per heavy atom. The molecule has 0 amide bonds. The van der Waals surface area contributed by atoms with Crippen LogP contribution in [0.5, 0.6) is 0 Å². The topological polar surface area (TPSA) is 9.23 Å². The highest BCUT2D eigenvalue weighted by Crippen LogP contribution is 2.15. The molecule has 0 aromatic carbocycles. The van der Waals surface area contributed by atoms with Gasteiger partial charge in [-0.2, -0.15) is 0 Å². The largest absolute Gasteiger partial charge is 0.499 e. The van der Waals surface area contributed by atoms with Crippen molar-refractivity contribution in [3.8, 4) is 0 Å². The number of ether oxygens (including phenoxy) is 1. The number of rotatable bonds is 0. The van der Waals surface area contributed by atoms with Crippen molar-refractivity contribution < 1.29 is 4.74 Å². The summed E-state index contributed by atoms with van der Waals surface area (Å²) in [6, 6.07) is 0. The molecule has 1 nitrogen and oxygen atoms in total. The molecule has 0 atom stereocenters. The first-order chi connectivity index (χ1) is 8.39. The Morgan fingerprint density at radius 3 is 1.53 bits per heavy atom. The average Bonchev–Trinajstić information content (AvgIpc) is 2.32. The van der Waals surface area contributed by atoms with Crippen molar-refractivity contribution in [1.29, 1.82) is 0 Å². The van der Waals surface area contributed by atoms with E-state index in [1.807, 2.05) is 0 Å². The first-order valence-corrected chi connectivity index (χ1v) is 7.70. The van der Waals surface area contributed by atoms with E-state index in [0.29, 0.717) is 0 Å². The summed E-state index contributed by atoms with van der Waals surface area (Å²) in [5, 5.41) is 0. The van der Waals surface area contributed by atoms with Crippen molar-refractivity contribution >= 4 is 0 Å². The predicted molar refractivity (Wildman–Crippen MR) is 75.1 cm³/mol. The summed E-state index contributed by atoms with van der Waals surface area (Å²) < 4.78 is 5.65. The van der Waals surface area contributed by atoms with Crippen LogP contribution in [0.4, 0.5) is 0 Å². The van der Waals surface area contributed by atoms with Gasteiger partial charge in [0.2, 0.25) is 0 Å². The zero-order valence-corrected chi connectivity index (χ0v) is 11.5. The molecule has 0 aromatic rings. The van der Waals surface area contributed by atoms with Gasteiger partial charge >= 0.3 is 0 Å². The number of allylic oxidation sites excluding steroid dienone is 1. The molecule has 100 valence electrons. The van der Waals surface area contributed by atoms with Crippen LogP contribution in [0, 0.1) is 0 Å². The zero-order chi connectivity index (χ0) is 12.2. The first-order valence-electron chi connectivity index (χ1n) is 7.70. The van der Waals surface area contributed by atoms with Crippen molar-refractivity contribution in [2.75, 3.05) is 6.61 Å². The maximum absolute atomic E-state index is 5.65. The molecule has 17 heavy (non-hydrogen) atoms. The van der Waals surface area contributed by atoms with E-state index in [1.165, 1.54) is 77.0 Å². The van der Waals surface area contributed by atoms with Crippen molar-refractivity contribution in [1.82, 2.24) is 0 Å². The Hall–Kier alpha value is -0.460. The molecule has 0 spiro atoms. The van der Waals surface area contributed by atoms with Crippen LogP contribution in [-0.2, 0) is 4.74 Å². The van der Waals surface area contributed by atoms with E-state index in [9.17, 15) is 0 Å². The number of hydrogen-bond acceptors (Lipinski definition) is 1. The van der Waals surface area contributed by atoms with Crippen molar-refractivity contribution in [3.63, 3.8) is 0 Å². The molecule has 0 bridgehead atoms. The minimum Gasteiger partial charge on any atom is -0.499 e. The van der Waals surface area contributed by atoms with Crippen LogP contribution in [0.15, 0.2) is 12.3 Å². The predicted octanol–water partition coefficient (Wildman–Crippen LogP) is 5.60. The standard InChI is InChI=1S/C16H30O/c1-16-14-12-10-8-6-4-2-3-5-7-9-11-13-15-17-16/h1-15H2. The van der Waals surface area contributed by atoms with Crippen LogP contribution in [0.3, 0.4) is 0 Å². The fourth-order valence-electron chi connectivity index (χ4n) is 2.48. The third-order valence-electron chi connectivity index (χ3n) is 3.66. The van der Waals surface area contributed by atoms with Gasteiger partial charge in [0.15, 0.2) is 0 Å². The minimum absolute atomic E-state index is 0.888. The normalized spacial score (nSPS) is 22.9. The molecule has 0 aromatic heterocycles. The summed E-state index contributed by atoms with van der Waals surface area (Å²) in [7, 11) is 0. The maximum Gasteiger partial charge on any atom is 0.0888 e. The average molecular weight is 238 g/mol. The molecule has 0 saturated carbocycles. The van der Waals surface area contributed by atoms with Gasteiger partial charge in [-0.25, -0.2) is 0 Å². The van der Waals surface area contributed by atoms with Gasteiger partial charge in [-0.05, 0) is 12.8 Å². The lowest BCUT2D eigenvalue weighted by molar-refractivity contribution is 0.195. The number of hydrogen-bond donors (Lipinski definition) is 0. The highest BCUT2D eigenvalue weighted by atomic mass is 16.5. The molecule has 1 heterocycles. The van der Waals surface area contributed by atoms with Crippen LogP contribution in [0.2, 0.25) is 0 Å². The van der Waals surface area contributed by atoms with Gasteiger partial charge in [0.25, 0.3) is 0 Å². The fourth-order valence-corrected chi connectivity index (χ4v) is 2.48. The molecule has 1 aliphatic heterocycles. The van der Waals surface area contributed by atoms with Crippen LogP contribution in [-0.4, -0.2) is 6.61 Å². The van der Waals surface area contributed by atoms with Gasteiger partial charge < -0.3 is 4.74 Å². The lowest BCUT2D eigenvalue weighted by atomic mass is 10.0. The summed E-state index contributed by atoms with van der Waals surface area (Å²) in [6.45, 7) is 4.88. The van der Waals surface area contributed by atoms with Gasteiger partial charge in [-0.1, -0.05) is 70.8 Å². The molecule has 0 unspecified atom stereocenters. The SMILES string of the molecule is C=C1CCCCCCCCCCCCCCO1. The molecule has 0 N–H and O–H groups in total. The molecule has 1 saturated heterocycles. The smallest absolute Gasteiger partial charge is 0.0888 e. The first kappa shape index (κ1) is 14.6.